The van der Waals surface area contributed by atoms with Crippen LogP contribution in [0.2, 0.25) is 0 Å². The topological polar surface area (TPSA) is 56.8 Å². The van der Waals surface area contributed by atoms with E-state index >= 15 is 0 Å². The molecular formula is C11H10N2O. The van der Waals surface area contributed by atoms with E-state index in [-0.39, 0.29) is 0 Å². The zero-order valence-electron chi connectivity index (χ0n) is 8.16. The minimum atomic E-state index is 0.306. The summed E-state index contributed by atoms with van der Waals surface area (Å²) >= 11 is 0. The van der Waals surface area contributed by atoms with Crippen LogP contribution in [-0.4, -0.2) is 7.11 Å². The fourth-order valence-corrected chi connectivity index (χ4v) is 1.34. The van der Waals surface area contributed by atoms with Gasteiger partial charge in [-0.25, -0.2) is 0 Å². The van der Waals surface area contributed by atoms with Crippen LogP contribution in [0.3, 0.4) is 0 Å². The normalized spacial score (nSPS) is 8.86. The zero-order valence-corrected chi connectivity index (χ0v) is 8.16. The highest BCUT2D eigenvalue weighted by Gasteiger charge is 2.07. The van der Waals surface area contributed by atoms with Crippen molar-refractivity contribution in [3.63, 3.8) is 0 Å². The molecule has 0 spiro atoms. The van der Waals surface area contributed by atoms with E-state index in [1.54, 1.807) is 12.1 Å². The molecule has 1 aromatic carbocycles. The average molecular weight is 186 g/mol. The Morgan fingerprint density at radius 3 is 2.57 bits per heavy atom. The second-order valence-corrected chi connectivity index (χ2v) is 2.92. The number of ether oxygens (including phenoxy) is 1. The number of methoxy groups -OCH3 is 1. The van der Waals surface area contributed by atoms with Crippen molar-refractivity contribution in [3.05, 3.63) is 28.8 Å². The molecule has 0 saturated carbocycles. The van der Waals surface area contributed by atoms with Gasteiger partial charge in [-0.2, -0.15) is 10.5 Å². The fourth-order valence-electron chi connectivity index (χ4n) is 1.34. The molecule has 0 unspecified atom stereocenters. The molecule has 1 rings (SSSR count). The third-order valence-electron chi connectivity index (χ3n) is 2.04. The third kappa shape index (κ3) is 1.84. The number of nitrogens with zero attached hydrogens (tertiary/aromatic N) is 2. The molecule has 0 aliphatic carbocycles. The van der Waals surface area contributed by atoms with Crippen LogP contribution in [0.1, 0.15) is 16.7 Å². The van der Waals surface area contributed by atoms with Crippen LogP contribution in [-0.2, 0) is 6.42 Å². The van der Waals surface area contributed by atoms with Crippen LogP contribution in [0.4, 0.5) is 0 Å². The third-order valence-corrected chi connectivity index (χ3v) is 2.04. The van der Waals surface area contributed by atoms with Gasteiger partial charge in [0, 0.05) is 5.56 Å². The largest absolute Gasteiger partial charge is 0.496 e. The number of rotatable bonds is 2. The van der Waals surface area contributed by atoms with Gasteiger partial charge in [-0.3, -0.25) is 0 Å². The minimum absolute atomic E-state index is 0.306. The molecule has 0 fully saturated rings. The molecule has 0 aromatic heterocycles. The van der Waals surface area contributed by atoms with Crippen molar-refractivity contribution in [1.29, 1.82) is 10.5 Å². The maximum Gasteiger partial charge on any atom is 0.124 e. The van der Waals surface area contributed by atoms with Crippen molar-refractivity contribution in [2.24, 2.45) is 0 Å². The number of aryl methyl sites for hydroxylation is 1. The second-order valence-electron chi connectivity index (χ2n) is 2.92. The Hall–Kier alpha value is -2.00. The van der Waals surface area contributed by atoms with Crippen LogP contribution in [0.5, 0.6) is 5.75 Å². The van der Waals surface area contributed by atoms with Crippen LogP contribution in [0, 0.1) is 29.6 Å². The molecule has 0 atom stereocenters. The zero-order chi connectivity index (χ0) is 10.6. The summed E-state index contributed by atoms with van der Waals surface area (Å²) in [7, 11) is 1.54. The molecule has 0 bridgehead atoms. The van der Waals surface area contributed by atoms with E-state index < -0.39 is 0 Å². The lowest BCUT2D eigenvalue weighted by molar-refractivity contribution is 0.410. The molecule has 3 nitrogen and oxygen atoms in total. The fraction of sp³-hybridized carbons (Fsp3) is 0.273. The van der Waals surface area contributed by atoms with E-state index in [4.69, 9.17) is 15.3 Å². The summed E-state index contributed by atoms with van der Waals surface area (Å²) in [5.41, 5.74) is 2.33. The van der Waals surface area contributed by atoms with Crippen LogP contribution >= 0.6 is 0 Å². The highest BCUT2D eigenvalue weighted by atomic mass is 16.5. The van der Waals surface area contributed by atoms with Crippen molar-refractivity contribution < 1.29 is 4.74 Å². The number of benzene rings is 1. The molecular weight excluding hydrogens is 176 g/mol. The highest BCUT2D eigenvalue weighted by molar-refractivity contribution is 5.48. The lowest BCUT2D eigenvalue weighted by atomic mass is 10.0. The van der Waals surface area contributed by atoms with E-state index in [9.17, 15) is 0 Å². The Kier molecular flexibility index (Phi) is 3.09. The molecule has 0 saturated heterocycles. The van der Waals surface area contributed by atoms with Crippen LogP contribution in [0.25, 0.3) is 0 Å². The first kappa shape index (κ1) is 10.1. The van der Waals surface area contributed by atoms with Crippen molar-refractivity contribution in [2.75, 3.05) is 7.11 Å². The molecule has 0 heterocycles. The first-order valence-electron chi connectivity index (χ1n) is 4.17. The Morgan fingerprint density at radius 2 is 2.07 bits per heavy atom. The smallest absolute Gasteiger partial charge is 0.124 e. The molecule has 70 valence electrons. The van der Waals surface area contributed by atoms with Crippen molar-refractivity contribution >= 4 is 0 Å². The molecule has 0 amide bonds. The number of hydrogen-bond acceptors (Lipinski definition) is 3. The predicted octanol–water partition coefficient (Wildman–Crippen LogP) is 1.94. The van der Waals surface area contributed by atoms with Gasteiger partial charge in [0.2, 0.25) is 0 Å². The van der Waals surface area contributed by atoms with Gasteiger partial charge in [0.05, 0.1) is 31.2 Å². The molecule has 0 radical (unpaired) electrons. The standard InChI is InChI=1S/C11H10N2O/c1-8-5-9(7-13)6-11(14-2)10(8)3-4-12/h5-6H,3H2,1-2H3. The highest BCUT2D eigenvalue weighted by Crippen LogP contribution is 2.24. The SMILES string of the molecule is COc1cc(C#N)cc(C)c1CC#N. The van der Waals surface area contributed by atoms with Crippen molar-refractivity contribution in [1.82, 2.24) is 0 Å². The Bertz CT molecular complexity index is 424. The number of hydrogen-bond donors (Lipinski definition) is 0. The van der Waals surface area contributed by atoms with Crippen molar-refractivity contribution in [3.8, 4) is 17.9 Å². The van der Waals surface area contributed by atoms with Gasteiger partial charge in [0.15, 0.2) is 0 Å². The summed E-state index contributed by atoms with van der Waals surface area (Å²) in [6, 6.07) is 7.53. The first-order chi connectivity index (χ1) is 6.72. The van der Waals surface area contributed by atoms with E-state index in [0.717, 1.165) is 11.1 Å². The maximum absolute atomic E-state index is 8.73. The van der Waals surface area contributed by atoms with Crippen LogP contribution < -0.4 is 4.74 Å². The minimum Gasteiger partial charge on any atom is -0.496 e. The summed E-state index contributed by atoms with van der Waals surface area (Å²) in [5.74, 6) is 0.614. The Morgan fingerprint density at radius 1 is 1.36 bits per heavy atom. The lowest BCUT2D eigenvalue weighted by Crippen LogP contribution is -1.95. The van der Waals surface area contributed by atoms with Gasteiger partial charge < -0.3 is 4.74 Å². The summed E-state index contributed by atoms with van der Waals surface area (Å²) < 4.78 is 5.12. The van der Waals surface area contributed by atoms with Crippen molar-refractivity contribution in [2.45, 2.75) is 13.3 Å². The van der Waals surface area contributed by atoms with Gasteiger partial charge >= 0.3 is 0 Å². The molecule has 14 heavy (non-hydrogen) atoms. The second kappa shape index (κ2) is 4.30. The predicted molar refractivity (Wildman–Crippen MR) is 51.8 cm³/mol. The Labute approximate surface area is 83.2 Å². The van der Waals surface area contributed by atoms with E-state index in [1.165, 1.54) is 7.11 Å². The lowest BCUT2D eigenvalue weighted by Gasteiger charge is -2.08. The molecule has 0 aliphatic rings. The first-order valence-corrected chi connectivity index (χ1v) is 4.17. The average Bonchev–Trinajstić information content (AvgIpc) is 2.20. The summed E-state index contributed by atoms with van der Waals surface area (Å²) in [6.45, 7) is 1.87. The maximum atomic E-state index is 8.73. The number of nitriles is 2. The summed E-state index contributed by atoms with van der Waals surface area (Å²) in [6.07, 6.45) is 0.306. The van der Waals surface area contributed by atoms with Gasteiger partial charge in [-0.1, -0.05) is 0 Å². The molecule has 1 aromatic rings. The summed E-state index contributed by atoms with van der Waals surface area (Å²) in [4.78, 5) is 0. The summed E-state index contributed by atoms with van der Waals surface area (Å²) in [5, 5.41) is 17.4. The molecule has 3 heteroatoms. The van der Waals surface area contributed by atoms with Gasteiger partial charge in [0.1, 0.15) is 5.75 Å². The van der Waals surface area contributed by atoms with Gasteiger partial charge in [-0.05, 0) is 24.6 Å². The molecule has 0 aliphatic heterocycles. The van der Waals surface area contributed by atoms with E-state index in [2.05, 4.69) is 6.07 Å². The van der Waals surface area contributed by atoms with E-state index in [0.29, 0.717) is 17.7 Å². The molecule has 0 N–H and O–H groups in total. The van der Waals surface area contributed by atoms with E-state index in [1.807, 2.05) is 13.0 Å². The van der Waals surface area contributed by atoms with Gasteiger partial charge in [-0.15, -0.1) is 0 Å². The monoisotopic (exact) mass is 186 g/mol. The van der Waals surface area contributed by atoms with Gasteiger partial charge in [0.25, 0.3) is 0 Å². The van der Waals surface area contributed by atoms with Crippen LogP contribution in [0.15, 0.2) is 12.1 Å². The Balaban J connectivity index is 3.30. The quantitative estimate of drug-likeness (QED) is 0.709.